The molecule has 0 aliphatic heterocycles. The van der Waals surface area contributed by atoms with Gasteiger partial charge in [0.1, 0.15) is 0 Å². The first kappa shape index (κ1) is 17.8. The highest BCUT2D eigenvalue weighted by molar-refractivity contribution is 6.02. The van der Waals surface area contributed by atoms with Gasteiger partial charge in [-0.1, -0.05) is 13.8 Å². The predicted molar refractivity (Wildman–Crippen MR) is 94.1 cm³/mol. The molecule has 0 saturated carbocycles. The number of rotatable bonds is 7. The van der Waals surface area contributed by atoms with Crippen molar-refractivity contribution in [2.75, 3.05) is 5.32 Å². The molecular formula is C19H24N2O3. The minimum Gasteiger partial charge on any atom is -0.459 e. The van der Waals surface area contributed by atoms with Gasteiger partial charge in [-0.05, 0) is 62.1 Å². The van der Waals surface area contributed by atoms with Gasteiger partial charge in [0.25, 0.3) is 11.8 Å². The van der Waals surface area contributed by atoms with Gasteiger partial charge in [0.05, 0.1) is 6.26 Å². The van der Waals surface area contributed by atoms with Crippen LogP contribution in [0, 0.1) is 5.92 Å². The van der Waals surface area contributed by atoms with Crippen LogP contribution in [0.25, 0.3) is 0 Å². The summed E-state index contributed by atoms with van der Waals surface area (Å²) in [5.74, 6) is 0.451. The predicted octanol–water partition coefficient (Wildman–Crippen LogP) is 4.09. The molecule has 2 aromatic rings. The van der Waals surface area contributed by atoms with Crippen LogP contribution in [0.15, 0.2) is 47.1 Å². The molecule has 2 N–H and O–H groups in total. The van der Waals surface area contributed by atoms with Gasteiger partial charge in [0.15, 0.2) is 5.76 Å². The van der Waals surface area contributed by atoms with E-state index in [1.165, 1.54) is 6.26 Å². The number of hydrogen-bond donors (Lipinski definition) is 2. The van der Waals surface area contributed by atoms with Crippen molar-refractivity contribution in [3.8, 4) is 0 Å². The second-order valence-corrected chi connectivity index (χ2v) is 6.35. The van der Waals surface area contributed by atoms with E-state index in [9.17, 15) is 9.59 Å². The van der Waals surface area contributed by atoms with E-state index in [1.807, 2.05) is 6.92 Å². The summed E-state index contributed by atoms with van der Waals surface area (Å²) in [6, 6.07) is 10.2. The van der Waals surface area contributed by atoms with Crippen molar-refractivity contribution in [3.63, 3.8) is 0 Å². The lowest BCUT2D eigenvalue weighted by Crippen LogP contribution is -2.32. The standard InChI is InChI=1S/C19H24N2O3/c1-13(2)6-7-14(3)20-18(22)15-8-10-16(11-9-15)21-19(23)17-5-4-12-24-17/h4-5,8-14H,6-7H2,1-3H3,(H,20,22)(H,21,23). The Balaban J connectivity index is 1.89. The third-order valence-corrected chi connectivity index (χ3v) is 3.70. The summed E-state index contributed by atoms with van der Waals surface area (Å²) in [6.07, 6.45) is 3.49. The van der Waals surface area contributed by atoms with E-state index >= 15 is 0 Å². The van der Waals surface area contributed by atoms with Crippen molar-refractivity contribution in [2.24, 2.45) is 5.92 Å². The van der Waals surface area contributed by atoms with E-state index in [0.717, 1.165) is 12.8 Å². The van der Waals surface area contributed by atoms with Gasteiger partial charge in [0, 0.05) is 17.3 Å². The lowest BCUT2D eigenvalue weighted by molar-refractivity contribution is 0.0936. The van der Waals surface area contributed by atoms with Crippen molar-refractivity contribution in [1.82, 2.24) is 5.32 Å². The molecule has 2 rings (SSSR count). The average Bonchev–Trinajstić information content (AvgIpc) is 3.08. The largest absolute Gasteiger partial charge is 0.459 e. The number of anilines is 1. The van der Waals surface area contributed by atoms with E-state index in [-0.39, 0.29) is 23.6 Å². The smallest absolute Gasteiger partial charge is 0.291 e. The number of amides is 2. The molecule has 0 fully saturated rings. The highest BCUT2D eigenvalue weighted by atomic mass is 16.3. The lowest BCUT2D eigenvalue weighted by Gasteiger charge is -2.15. The maximum Gasteiger partial charge on any atom is 0.291 e. The van der Waals surface area contributed by atoms with Gasteiger partial charge in [-0.15, -0.1) is 0 Å². The summed E-state index contributed by atoms with van der Waals surface area (Å²) in [4.78, 5) is 24.1. The van der Waals surface area contributed by atoms with Crippen LogP contribution in [0.5, 0.6) is 0 Å². The van der Waals surface area contributed by atoms with E-state index < -0.39 is 0 Å². The quantitative estimate of drug-likeness (QED) is 0.804. The molecule has 1 atom stereocenters. The number of hydrogen-bond acceptors (Lipinski definition) is 3. The van der Waals surface area contributed by atoms with Gasteiger partial charge in [-0.3, -0.25) is 9.59 Å². The molecule has 1 unspecified atom stereocenters. The van der Waals surface area contributed by atoms with Crippen molar-refractivity contribution in [2.45, 2.75) is 39.7 Å². The summed E-state index contributed by atoms with van der Waals surface area (Å²) in [6.45, 7) is 6.35. The molecule has 5 heteroatoms. The Morgan fingerprint density at radius 1 is 1.00 bits per heavy atom. The van der Waals surface area contributed by atoms with Crippen molar-refractivity contribution in [1.29, 1.82) is 0 Å². The molecule has 1 aromatic carbocycles. The normalized spacial score (nSPS) is 12.0. The number of benzene rings is 1. The van der Waals surface area contributed by atoms with Crippen LogP contribution in [0.4, 0.5) is 5.69 Å². The fourth-order valence-corrected chi connectivity index (χ4v) is 2.27. The topological polar surface area (TPSA) is 71.3 Å². The Kier molecular flexibility index (Phi) is 6.18. The molecular weight excluding hydrogens is 304 g/mol. The first-order chi connectivity index (χ1) is 11.5. The molecule has 1 heterocycles. The maximum atomic E-state index is 12.2. The second kappa shape index (κ2) is 8.34. The number of carbonyl (C=O) groups excluding carboxylic acids is 2. The van der Waals surface area contributed by atoms with Crippen molar-refractivity contribution >= 4 is 17.5 Å². The second-order valence-electron chi connectivity index (χ2n) is 6.35. The SMILES string of the molecule is CC(C)CCC(C)NC(=O)c1ccc(NC(=O)c2ccco2)cc1. The summed E-state index contributed by atoms with van der Waals surface area (Å²) >= 11 is 0. The van der Waals surface area contributed by atoms with Crippen LogP contribution in [-0.2, 0) is 0 Å². The Morgan fingerprint density at radius 2 is 1.71 bits per heavy atom. The van der Waals surface area contributed by atoms with Crippen LogP contribution >= 0.6 is 0 Å². The molecule has 1 aromatic heterocycles. The minimum atomic E-state index is -0.320. The zero-order chi connectivity index (χ0) is 17.5. The molecule has 0 aliphatic carbocycles. The molecule has 0 saturated heterocycles. The van der Waals surface area contributed by atoms with E-state index in [1.54, 1.807) is 36.4 Å². The van der Waals surface area contributed by atoms with Crippen molar-refractivity contribution < 1.29 is 14.0 Å². The lowest BCUT2D eigenvalue weighted by atomic mass is 10.0. The van der Waals surface area contributed by atoms with E-state index in [2.05, 4.69) is 24.5 Å². The first-order valence-electron chi connectivity index (χ1n) is 8.21. The molecule has 24 heavy (non-hydrogen) atoms. The highest BCUT2D eigenvalue weighted by Gasteiger charge is 2.12. The van der Waals surface area contributed by atoms with Crippen LogP contribution in [-0.4, -0.2) is 17.9 Å². The number of nitrogens with one attached hydrogen (secondary N) is 2. The molecule has 2 amide bonds. The van der Waals surface area contributed by atoms with E-state index in [4.69, 9.17) is 4.42 Å². The van der Waals surface area contributed by atoms with Crippen LogP contribution in [0.1, 0.15) is 54.5 Å². The van der Waals surface area contributed by atoms with Crippen molar-refractivity contribution in [3.05, 3.63) is 54.0 Å². The molecule has 0 aliphatic rings. The molecule has 5 nitrogen and oxygen atoms in total. The highest BCUT2D eigenvalue weighted by Crippen LogP contribution is 2.13. The number of carbonyl (C=O) groups is 2. The van der Waals surface area contributed by atoms with Gasteiger partial charge in [-0.2, -0.15) is 0 Å². The summed E-state index contributed by atoms with van der Waals surface area (Å²) in [5.41, 5.74) is 1.18. The molecule has 0 radical (unpaired) electrons. The molecule has 128 valence electrons. The first-order valence-corrected chi connectivity index (χ1v) is 8.21. The zero-order valence-corrected chi connectivity index (χ0v) is 14.3. The molecule has 0 bridgehead atoms. The van der Waals surface area contributed by atoms with Crippen LogP contribution in [0.3, 0.4) is 0 Å². The monoisotopic (exact) mass is 328 g/mol. The molecule has 0 spiro atoms. The average molecular weight is 328 g/mol. The fourth-order valence-electron chi connectivity index (χ4n) is 2.27. The summed E-state index contributed by atoms with van der Waals surface area (Å²) in [7, 11) is 0. The summed E-state index contributed by atoms with van der Waals surface area (Å²) < 4.78 is 5.04. The summed E-state index contributed by atoms with van der Waals surface area (Å²) in [5, 5.41) is 5.71. The Morgan fingerprint density at radius 3 is 2.29 bits per heavy atom. The van der Waals surface area contributed by atoms with Gasteiger partial charge < -0.3 is 15.1 Å². The third-order valence-electron chi connectivity index (χ3n) is 3.70. The third kappa shape index (κ3) is 5.26. The fraction of sp³-hybridized carbons (Fsp3) is 0.368. The Hall–Kier alpha value is -2.56. The minimum absolute atomic E-state index is 0.102. The van der Waals surface area contributed by atoms with E-state index in [0.29, 0.717) is 17.2 Å². The van der Waals surface area contributed by atoms with Gasteiger partial charge in [0.2, 0.25) is 0 Å². The maximum absolute atomic E-state index is 12.2. The number of furan rings is 1. The Bertz CT molecular complexity index is 660. The van der Waals surface area contributed by atoms with Gasteiger partial charge >= 0.3 is 0 Å². The van der Waals surface area contributed by atoms with Gasteiger partial charge in [-0.25, -0.2) is 0 Å². The van der Waals surface area contributed by atoms with Crippen LogP contribution in [0.2, 0.25) is 0 Å². The Labute approximate surface area is 142 Å². The zero-order valence-electron chi connectivity index (χ0n) is 14.3. The van der Waals surface area contributed by atoms with Crippen LogP contribution < -0.4 is 10.6 Å².